The molecule has 0 bridgehead atoms. The molecule has 0 heterocycles. The van der Waals surface area contributed by atoms with Gasteiger partial charge in [0.15, 0.2) is 6.10 Å². The van der Waals surface area contributed by atoms with Crippen molar-refractivity contribution in [2.24, 2.45) is 0 Å². The van der Waals surface area contributed by atoms with Crippen molar-refractivity contribution in [3.05, 3.63) is 60.8 Å². The van der Waals surface area contributed by atoms with Crippen LogP contribution in [0.3, 0.4) is 0 Å². The molecule has 0 amide bonds. The van der Waals surface area contributed by atoms with Crippen LogP contribution in [-0.4, -0.2) is 41.0 Å². The molecule has 0 radical (unpaired) electrons. The highest BCUT2D eigenvalue weighted by Gasteiger charge is 2.22. The summed E-state index contributed by atoms with van der Waals surface area (Å²) in [6.45, 7) is 3.49. The summed E-state index contributed by atoms with van der Waals surface area (Å²) in [6.07, 6.45) is 42.3. The first-order valence-corrected chi connectivity index (χ1v) is 20.2. The summed E-state index contributed by atoms with van der Waals surface area (Å²) in [5.41, 5.74) is 0. The Labute approximate surface area is 292 Å². The average Bonchev–Trinajstić information content (AvgIpc) is 3.05. The van der Waals surface area contributed by atoms with Gasteiger partial charge >= 0.3 is 19.8 Å². The summed E-state index contributed by atoms with van der Waals surface area (Å²) >= 11 is 0. The van der Waals surface area contributed by atoms with Crippen molar-refractivity contribution in [3.8, 4) is 0 Å². The highest BCUT2D eigenvalue weighted by atomic mass is 31.2. The Kier molecular flexibility index (Phi) is 33.0. The number of phosphoric ester groups is 1. The van der Waals surface area contributed by atoms with E-state index in [1.54, 1.807) is 0 Å². The van der Waals surface area contributed by atoms with Crippen molar-refractivity contribution < 1.29 is 37.9 Å². The maximum Gasteiger partial charge on any atom is 0.469 e. The highest BCUT2D eigenvalue weighted by Crippen LogP contribution is 2.36. The van der Waals surface area contributed by atoms with Crippen LogP contribution in [0, 0.1) is 0 Å². The van der Waals surface area contributed by atoms with Crippen LogP contribution in [0.1, 0.15) is 155 Å². The summed E-state index contributed by atoms with van der Waals surface area (Å²) in [5.74, 6) is -0.943. The van der Waals surface area contributed by atoms with Gasteiger partial charge in [0.25, 0.3) is 0 Å². The van der Waals surface area contributed by atoms with Gasteiger partial charge in [-0.15, -0.1) is 0 Å². The van der Waals surface area contributed by atoms with E-state index in [0.29, 0.717) is 12.8 Å². The molecule has 48 heavy (non-hydrogen) atoms. The molecule has 8 nitrogen and oxygen atoms in total. The monoisotopic (exact) mass is 694 g/mol. The topological polar surface area (TPSA) is 119 Å². The van der Waals surface area contributed by atoms with Crippen LogP contribution in [0.15, 0.2) is 60.8 Å². The number of hydrogen-bond donors (Lipinski definition) is 2. The van der Waals surface area contributed by atoms with Crippen LogP contribution in [0.4, 0.5) is 0 Å². The van der Waals surface area contributed by atoms with Crippen LogP contribution >= 0.6 is 7.82 Å². The third-order valence-corrected chi connectivity index (χ3v) is 8.10. The smallest absolute Gasteiger partial charge is 0.462 e. The SMILES string of the molecule is CC/C=C/C=C/C=C/C=C/CCCCCCCC(=O)OC[C@H](COP(=O)(O)O)OC(=O)CCCC/C=C/CCCCCCCCCCC. The summed E-state index contributed by atoms with van der Waals surface area (Å²) in [5, 5.41) is 0. The second-order valence-electron chi connectivity index (χ2n) is 12.3. The van der Waals surface area contributed by atoms with E-state index >= 15 is 0 Å². The van der Waals surface area contributed by atoms with Gasteiger partial charge in [-0.1, -0.05) is 145 Å². The van der Waals surface area contributed by atoms with E-state index < -0.39 is 32.5 Å². The first-order valence-electron chi connectivity index (χ1n) is 18.6. The third kappa shape index (κ3) is 36.6. The fraction of sp³-hybridized carbons (Fsp3) is 0.692. The maximum absolute atomic E-state index is 12.3. The van der Waals surface area contributed by atoms with Crippen molar-refractivity contribution >= 4 is 19.8 Å². The third-order valence-electron chi connectivity index (χ3n) is 7.61. The number of esters is 2. The molecule has 0 aromatic carbocycles. The molecule has 0 unspecified atom stereocenters. The molecular formula is C39H67O8P. The second-order valence-corrected chi connectivity index (χ2v) is 13.5. The molecule has 0 aliphatic rings. The Morgan fingerprint density at radius 1 is 0.562 bits per heavy atom. The molecule has 0 spiro atoms. The van der Waals surface area contributed by atoms with Gasteiger partial charge in [0, 0.05) is 12.8 Å². The summed E-state index contributed by atoms with van der Waals surface area (Å²) in [6, 6.07) is 0. The fourth-order valence-corrected chi connectivity index (χ4v) is 5.21. The summed E-state index contributed by atoms with van der Waals surface area (Å²) in [4.78, 5) is 42.7. The van der Waals surface area contributed by atoms with E-state index in [1.165, 1.54) is 57.8 Å². The lowest BCUT2D eigenvalue weighted by Gasteiger charge is -2.18. The predicted octanol–water partition coefficient (Wildman–Crippen LogP) is 11.0. The van der Waals surface area contributed by atoms with Crippen LogP contribution < -0.4 is 0 Å². The van der Waals surface area contributed by atoms with Crippen LogP contribution in [0.2, 0.25) is 0 Å². The zero-order chi connectivity index (χ0) is 35.4. The zero-order valence-electron chi connectivity index (χ0n) is 30.1. The fourth-order valence-electron chi connectivity index (χ4n) is 4.85. The van der Waals surface area contributed by atoms with E-state index in [-0.39, 0.29) is 19.4 Å². The minimum absolute atomic E-state index is 0.174. The number of rotatable bonds is 33. The molecule has 0 aliphatic heterocycles. The van der Waals surface area contributed by atoms with Crippen molar-refractivity contribution in [2.45, 2.75) is 161 Å². The van der Waals surface area contributed by atoms with E-state index in [1.807, 2.05) is 30.4 Å². The normalized spacial score (nSPS) is 13.2. The number of ether oxygens (including phenoxy) is 2. The molecule has 0 aromatic heterocycles. The van der Waals surface area contributed by atoms with Crippen LogP contribution in [0.5, 0.6) is 0 Å². The Balaban J connectivity index is 4.06. The van der Waals surface area contributed by atoms with E-state index in [4.69, 9.17) is 19.3 Å². The van der Waals surface area contributed by atoms with Gasteiger partial charge in [0.2, 0.25) is 0 Å². The molecule has 9 heteroatoms. The molecule has 0 rings (SSSR count). The number of carbonyl (C=O) groups excluding carboxylic acids is 2. The predicted molar refractivity (Wildman–Crippen MR) is 197 cm³/mol. The Bertz CT molecular complexity index is 963. The van der Waals surface area contributed by atoms with Gasteiger partial charge in [0.1, 0.15) is 6.61 Å². The molecule has 0 fully saturated rings. The first-order chi connectivity index (χ1) is 23.3. The lowest BCUT2D eigenvalue weighted by Crippen LogP contribution is -2.29. The van der Waals surface area contributed by atoms with Gasteiger partial charge in [0.05, 0.1) is 6.61 Å². The highest BCUT2D eigenvalue weighted by molar-refractivity contribution is 7.46. The van der Waals surface area contributed by atoms with Crippen LogP contribution in [-0.2, 0) is 28.2 Å². The van der Waals surface area contributed by atoms with E-state index in [9.17, 15) is 14.2 Å². The number of phosphoric acid groups is 1. The van der Waals surface area contributed by atoms with Crippen molar-refractivity contribution in [1.29, 1.82) is 0 Å². The Hall–Kier alpha value is -2.25. The first kappa shape index (κ1) is 45.8. The average molecular weight is 695 g/mol. The Morgan fingerprint density at radius 2 is 1.02 bits per heavy atom. The molecule has 0 saturated heterocycles. The molecule has 0 saturated carbocycles. The van der Waals surface area contributed by atoms with Crippen molar-refractivity contribution in [2.75, 3.05) is 13.2 Å². The minimum Gasteiger partial charge on any atom is -0.462 e. The van der Waals surface area contributed by atoms with Gasteiger partial charge in [-0.25, -0.2) is 4.57 Å². The van der Waals surface area contributed by atoms with Crippen molar-refractivity contribution in [1.82, 2.24) is 0 Å². The lowest BCUT2D eigenvalue weighted by molar-refractivity contribution is -0.161. The molecule has 276 valence electrons. The Morgan fingerprint density at radius 3 is 1.60 bits per heavy atom. The quantitative estimate of drug-likeness (QED) is 0.0229. The van der Waals surface area contributed by atoms with E-state index in [2.05, 4.69) is 48.8 Å². The number of allylic oxidation sites excluding steroid dienone is 10. The second kappa shape index (κ2) is 34.6. The molecule has 0 aromatic rings. The summed E-state index contributed by atoms with van der Waals surface area (Å²) in [7, 11) is -4.76. The summed E-state index contributed by atoms with van der Waals surface area (Å²) < 4.78 is 26.3. The molecule has 0 aliphatic carbocycles. The lowest BCUT2D eigenvalue weighted by atomic mass is 10.1. The standard InChI is InChI=1S/C39H67O8P/c1-3-5-7-9-11-13-15-17-19-21-23-25-27-29-31-33-38(40)45-35-37(36-46-48(42,43)44)47-39(41)34-32-30-28-26-24-22-20-18-16-14-12-10-8-6-4-2/h5,7,9,11,13,15,17,19,24,26,37H,3-4,6,8,10,12,14,16,18,20-23,25,27-36H2,1-2H3,(H2,42,43,44)/b7-5+,11-9+,15-13+,19-17+,26-24+/t37-/m1/s1. The zero-order valence-corrected chi connectivity index (χ0v) is 31.0. The van der Waals surface area contributed by atoms with Gasteiger partial charge in [-0.05, 0) is 57.8 Å². The maximum atomic E-state index is 12.3. The minimum atomic E-state index is -4.76. The van der Waals surface area contributed by atoms with E-state index in [0.717, 1.165) is 57.8 Å². The number of hydrogen-bond acceptors (Lipinski definition) is 6. The number of carbonyl (C=O) groups is 2. The molecular weight excluding hydrogens is 627 g/mol. The van der Waals surface area contributed by atoms with Gasteiger partial charge in [-0.3, -0.25) is 14.1 Å². The van der Waals surface area contributed by atoms with Crippen molar-refractivity contribution in [3.63, 3.8) is 0 Å². The molecule has 2 N–H and O–H groups in total. The van der Waals surface area contributed by atoms with Crippen LogP contribution in [0.25, 0.3) is 0 Å². The number of unbranched alkanes of at least 4 members (excludes halogenated alkanes) is 16. The molecule has 1 atom stereocenters. The van der Waals surface area contributed by atoms with Gasteiger partial charge < -0.3 is 19.3 Å². The van der Waals surface area contributed by atoms with Gasteiger partial charge in [-0.2, -0.15) is 0 Å². The largest absolute Gasteiger partial charge is 0.469 e.